The van der Waals surface area contributed by atoms with Crippen molar-refractivity contribution in [3.05, 3.63) is 182 Å². The highest BCUT2D eigenvalue weighted by Crippen LogP contribution is 2.44. The van der Waals surface area contributed by atoms with Crippen LogP contribution in [0.4, 0.5) is 0 Å². The van der Waals surface area contributed by atoms with Gasteiger partial charge in [-0.25, -0.2) is 0 Å². The van der Waals surface area contributed by atoms with Crippen LogP contribution in [0, 0.1) is 0 Å². The first-order valence-corrected chi connectivity index (χ1v) is 16.5. The van der Waals surface area contributed by atoms with Gasteiger partial charge < -0.3 is 9.13 Å². The first-order chi connectivity index (χ1) is 23.8. The van der Waals surface area contributed by atoms with Gasteiger partial charge in [-0.2, -0.15) is 0 Å². The predicted octanol–water partition coefficient (Wildman–Crippen LogP) is 12.4. The van der Waals surface area contributed by atoms with Gasteiger partial charge >= 0.3 is 0 Å². The molecule has 0 radical (unpaired) electrons. The lowest BCUT2D eigenvalue weighted by molar-refractivity contribution is 1.18. The molecule has 0 aliphatic heterocycles. The number of hydrogen-bond donors (Lipinski definition) is 0. The van der Waals surface area contributed by atoms with Crippen molar-refractivity contribution in [2.24, 2.45) is 0 Å². The molecule has 8 aromatic carbocycles. The molecule has 0 saturated heterocycles. The summed E-state index contributed by atoms with van der Waals surface area (Å²) in [6.07, 6.45) is 0. The Morgan fingerprint density at radius 3 is 1.23 bits per heavy atom. The molecule has 2 nitrogen and oxygen atoms in total. The van der Waals surface area contributed by atoms with Crippen molar-refractivity contribution in [2.45, 2.75) is 0 Å². The molecule has 2 heterocycles. The maximum absolute atomic E-state index is 2.47. The lowest BCUT2D eigenvalue weighted by atomic mass is 9.97. The van der Waals surface area contributed by atoms with Crippen LogP contribution in [0.5, 0.6) is 0 Å². The number of aromatic nitrogens is 2. The molecule has 0 saturated carbocycles. The molecule has 0 atom stereocenters. The van der Waals surface area contributed by atoms with E-state index in [1.54, 1.807) is 0 Å². The monoisotopic (exact) mass is 610 g/mol. The van der Waals surface area contributed by atoms with Crippen LogP contribution in [0.1, 0.15) is 0 Å². The highest BCUT2D eigenvalue weighted by Gasteiger charge is 2.21. The molecule has 48 heavy (non-hydrogen) atoms. The summed E-state index contributed by atoms with van der Waals surface area (Å²) in [4.78, 5) is 0. The number of rotatable bonds is 4. The summed E-state index contributed by atoms with van der Waals surface area (Å²) in [7, 11) is 0. The Kier molecular flexibility index (Phi) is 5.91. The van der Waals surface area contributed by atoms with Gasteiger partial charge in [0.25, 0.3) is 0 Å². The molecule has 224 valence electrons. The fourth-order valence-electron chi connectivity index (χ4n) is 7.80. The lowest BCUT2D eigenvalue weighted by Gasteiger charge is -2.14. The Morgan fingerprint density at radius 2 is 0.708 bits per heavy atom. The van der Waals surface area contributed by atoms with Crippen LogP contribution in [0.25, 0.3) is 88.0 Å². The number of para-hydroxylation sites is 3. The van der Waals surface area contributed by atoms with Crippen molar-refractivity contribution in [2.75, 3.05) is 0 Å². The predicted molar refractivity (Wildman–Crippen MR) is 203 cm³/mol. The van der Waals surface area contributed by atoms with Gasteiger partial charge in [0, 0.05) is 38.3 Å². The Hall–Kier alpha value is -6.38. The minimum atomic E-state index is 1.15. The van der Waals surface area contributed by atoms with Gasteiger partial charge in [0.15, 0.2) is 0 Å². The molecule has 0 amide bonds. The maximum atomic E-state index is 2.47. The number of nitrogens with zero attached hydrogens (tertiary/aromatic N) is 2. The zero-order valence-corrected chi connectivity index (χ0v) is 26.2. The maximum Gasteiger partial charge on any atom is 0.0547 e. The normalized spacial score (nSPS) is 11.8. The zero-order chi connectivity index (χ0) is 31.6. The van der Waals surface area contributed by atoms with E-state index in [2.05, 4.69) is 191 Å². The summed E-state index contributed by atoms with van der Waals surface area (Å²) in [6.45, 7) is 0. The lowest BCUT2D eigenvalue weighted by Crippen LogP contribution is -1.96. The number of hydrogen-bond acceptors (Lipinski definition) is 0. The van der Waals surface area contributed by atoms with Crippen LogP contribution < -0.4 is 0 Å². The number of fused-ring (bicyclic) bond motifs is 9. The highest BCUT2D eigenvalue weighted by atomic mass is 15.0. The summed E-state index contributed by atoms with van der Waals surface area (Å²) >= 11 is 0. The second kappa shape index (κ2) is 10.6. The van der Waals surface area contributed by atoms with Crippen LogP contribution >= 0.6 is 0 Å². The van der Waals surface area contributed by atoms with Crippen molar-refractivity contribution in [3.63, 3.8) is 0 Å². The molecule has 2 aromatic heterocycles. The van der Waals surface area contributed by atoms with E-state index in [0.29, 0.717) is 0 Å². The van der Waals surface area contributed by atoms with Crippen LogP contribution in [0.3, 0.4) is 0 Å². The second-order valence-corrected chi connectivity index (χ2v) is 12.6. The molecule has 10 aromatic rings. The Bertz CT molecular complexity index is 2750. The van der Waals surface area contributed by atoms with Gasteiger partial charge in [-0.3, -0.25) is 0 Å². The fourth-order valence-corrected chi connectivity index (χ4v) is 7.80. The molecule has 2 heteroatoms. The molecule has 0 aliphatic carbocycles. The largest absolute Gasteiger partial charge is 0.309 e. The van der Waals surface area contributed by atoms with Crippen molar-refractivity contribution in [3.8, 4) is 33.6 Å². The molecule has 0 N–H and O–H groups in total. The summed E-state index contributed by atoms with van der Waals surface area (Å²) in [5.74, 6) is 0. The minimum absolute atomic E-state index is 1.15. The van der Waals surface area contributed by atoms with Crippen molar-refractivity contribution in [1.29, 1.82) is 0 Å². The zero-order valence-electron chi connectivity index (χ0n) is 26.2. The van der Waals surface area contributed by atoms with Gasteiger partial charge in [0.1, 0.15) is 0 Å². The Labute approximate surface area is 278 Å². The van der Waals surface area contributed by atoms with Crippen molar-refractivity contribution < 1.29 is 0 Å². The van der Waals surface area contributed by atoms with Crippen LogP contribution in [0.15, 0.2) is 182 Å². The van der Waals surface area contributed by atoms with Gasteiger partial charge in [-0.15, -0.1) is 0 Å². The van der Waals surface area contributed by atoms with E-state index >= 15 is 0 Å². The standard InChI is InChI=1S/C46H30N2/c1-4-14-31(15-5-1)34-28-35(32-16-6-2-7-17-32)30-37(29-34)48-41-23-13-11-21-39(41)46-43(48)27-25-33-24-26-42-45(44(33)46)38-20-10-12-22-40(38)47(42)36-18-8-3-9-19-36/h1-30H. The average Bonchev–Trinajstić information content (AvgIpc) is 3.69. The first kappa shape index (κ1) is 26.8. The van der Waals surface area contributed by atoms with Gasteiger partial charge in [0.2, 0.25) is 0 Å². The van der Waals surface area contributed by atoms with Crippen LogP contribution in [0.2, 0.25) is 0 Å². The SMILES string of the molecule is c1ccc(-c2cc(-c3ccccc3)cc(-n3c4ccccc4c4c5c(ccc6c5c5ccccc5n6-c5ccccc5)ccc43)c2)cc1. The third-order valence-electron chi connectivity index (χ3n) is 9.86. The van der Waals surface area contributed by atoms with Gasteiger partial charge in [-0.05, 0) is 82.2 Å². The van der Waals surface area contributed by atoms with Gasteiger partial charge in [0.05, 0.1) is 22.1 Å². The molecule has 0 aliphatic rings. The summed E-state index contributed by atoms with van der Waals surface area (Å²) in [6, 6.07) is 66.1. The first-order valence-electron chi connectivity index (χ1n) is 16.5. The summed E-state index contributed by atoms with van der Waals surface area (Å²) < 4.78 is 4.88. The van der Waals surface area contributed by atoms with E-state index in [-0.39, 0.29) is 0 Å². The van der Waals surface area contributed by atoms with E-state index < -0.39 is 0 Å². The molecule has 0 unspecified atom stereocenters. The van der Waals surface area contributed by atoms with E-state index in [1.165, 1.54) is 82.3 Å². The Morgan fingerprint density at radius 1 is 0.271 bits per heavy atom. The van der Waals surface area contributed by atoms with Crippen LogP contribution in [-0.2, 0) is 0 Å². The highest BCUT2D eigenvalue weighted by molar-refractivity contribution is 6.33. The average molecular weight is 611 g/mol. The number of benzene rings is 8. The van der Waals surface area contributed by atoms with Crippen molar-refractivity contribution in [1.82, 2.24) is 9.13 Å². The van der Waals surface area contributed by atoms with Crippen molar-refractivity contribution >= 4 is 54.4 Å². The molecular weight excluding hydrogens is 581 g/mol. The topological polar surface area (TPSA) is 9.86 Å². The Balaban J connectivity index is 1.35. The molecule has 0 fully saturated rings. The second-order valence-electron chi connectivity index (χ2n) is 12.6. The smallest absolute Gasteiger partial charge is 0.0547 e. The van der Waals surface area contributed by atoms with E-state index in [1.807, 2.05) is 0 Å². The van der Waals surface area contributed by atoms with E-state index in [9.17, 15) is 0 Å². The van der Waals surface area contributed by atoms with Gasteiger partial charge in [-0.1, -0.05) is 127 Å². The van der Waals surface area contributed by atoms with E-state index in [0.717, 1.165) is 5.69 Å². The third-order valence-corrected chi connectivity index (χ3v) is 9.86. The summed E-state index contributed by atoms with van der Waals surface area (Å²) in [5.41, 5.74) is 12.0. The summed E-state index contributed by atoms with van der Waals surface area (Å²) in [5, 5.41) is 7.65. The molecular formula is C46H30N2. The van der Waals surface area contributed by atoms with Crippen LogP contribution in [-0.4, -0.2) is 9.13 Å². The third kappa shape index (κ3) is 4.00. The van der Waals surface area contributed by atoms with E-state index in [4.69, 9.17) is 0 Å². The fraction of sp³-hybridized carbons (Fsp3) is 0. The minimum Gasteiger partial charge on any atom is -0.309 e. The molecule has 10 rings (SSSR count). The molecule has 0 spiro atoms. The molecule has 0 bridgehead atoms. The quantitative estimate of drug-likeness (QED) is 0.188.